The molecular formula is C13H11N. The van der Waals surface area contributed by atoms with Gasteiger partial charge in [0.2, 0.25) is 0 Å². The number of hydrogen-bond acceptors (Lipinski definition) is 1. The second-order valence-electron chi connectivity index (χ2n) is 2.93. The standard InChI is InChI=1S/C13H11N/c1-3-7-12(8-4-1)11-14-13-9-5-2-6-10-13/h1-11H/i11T. The van der Waals surface area contributed by atoms with E-state index in [1.807, 2.05) is 60.7 Å². The van der Waals surface area contributed by atoms with Gasteiger partial charge in [-0.2, -0.15) is 0 Å². The first-order chi connectivity index (χ1) is 7.36. The van der Waals surface area contributed by atoms with E-state index in [0.29, 0.717) is 6.19 Å². The molecule has 0 fully saturated rings. The lowest BCUT2D eigenvalue weighted by molar-refractivity contribution is 1.53. The van der Waals surface area contributed by atoms with E-state index in [1.165, 1.54) is 0 Å². The molecule has 2 aromatic carbocycles. The molecule has 2 rings (SSSR count). The molecule has 0 unspecified atom stereocenters. The Labute approximate surface area is 85.2 Å². The highest BCUT2D eigenvalue weighted by Gasteiger charge is 1.85. The van der Waals surface area contributed by atoms with Crippen LogP contribution >= 0.6 is 0 Å². The van der Waals surface area contributed by atoms with Crippen LogP contribution in [-0.4, -0.2) is 6.19 Å². The molecule has 14 heavy (non-hydrogen) atoms. The Balaban J connectivity index is 2.29. The van der Waals surface area contributed by atoms with Crippen molar-refractivity contribution in [3.8, 4) is 0 Å². The lowest BCUT2D eigenvalue weighted by Crippen LogP contribution is -1.77. The predicted molar refractivity (Wildman–Crippen MR) is 60.1 cm³/mol. The van der Waals surface area contributed by atoms with Crippen LogP contribution in [0.5, 0.6) is 0 Å². The summed E-state index contributed by atoms with van der Waals surface area (Å²) >= 11 is 0. The maximum atomic E-state index is 7.80. The van der Waals surface area contributed by atoms with Gasteiger partial charge in [0.15, 0.2) is 0 Å². The Kier molecular flexibility index (Phi) is 2.35. The second-order valence-corrected chi connectivity index (χ2v) is 2.93. The van der Waals surface area contributed by atoms with Crippen molar-refractivity contribution in [2.24, 2.45) is 4.99 Å². The molecule has 0 N–H and O–H groups in total. The summed E-state index contributed by atoms with van der Waals surface area (Å²) in [5.74, 6) is 0. The van der Waals surface area contributed by atoms with Gasteiger partial charge in [-0.3, -0.25) is 4.99 Å². The fraction of sp³-hybridized carbons (Fsp3) is 0. The van der Waals surface area contributed by atoms with Crippen molar-refractivity contribution < 1.29 is 1.37 Å². The molecule has 0 aliphatic carbocycles. The minimum atomic E-state index is 0.293. The van der Waals surface area contributed by atoms with E-state index in [0.717, 1.165) is 11.3 Å². The molecule has 0 bridgehead atoms. The molecule has 0 saturated heterocycles. The van der Waals surface area contributed by atoms with Gasteiger partial charge < -0.3 is 0 Å². The molecule has 0 atom stereocenters. The quantitative estimate of drug-likeness (QED) is 0.632. The average Bonchev–Trinajstić information content (AvgIpc) is 2.31. The lowest BCUT2D eigenvalue weighted by atomic mass is 10.2. The second kappa shape index (κ2) is 4.38. The fourth-order valence-corrected chi connectivity index (χ4v) is 1.14. The van der Waals surface area contributed by atoms with Crippen LogP contribution in [0.4, 0.5) is 5.69 Å². The summed E-state index contributed by atoms with van der Waals surface area (Å²) in [5, 5.41) is 0. The summed E-state index contributed by atoms with van der Waals surface area (Å²) in [6.45, 7) is 0. The van der Waals surface area contributed by atoms with Gasteiger partial charge in [-0.15, -0.1) is 0 Å². The zero-order valence-electron chi connectivity index (χ0n) is 8.72. The highest BCUT2D eigenvalue weighted by Crippen LogP contribution is 2.09. The van der Waals surface area contributed by atoms with Crippen molar-refractivity contribution >= 4 is 11.9 Å². The lowest BCUT2D eigenvalue weighted by Gasteiger charge is -1.92. The van der Waals surface area contributed by atoms with Gasteiger partial charge in [0.05, 0.1) is 7.06 Å². The SMILES string of the molecule is [3H]C(=Nc1ccccc1)c1ccccc1. The number of aliphatic imine (C=N–C) groups is 1. The number of benzene rings is 2. The van der Waals surface area contributed by atoms with E-state index < -0.39 is 0 Å². The zero-order chi connectivity index (χ0) is 10.5. The van der Waals surface area contributed by atoms with E-state index in [4.69, 9.17) is 1.37 Å². The third-order valence-corrected chi connectivity index (χ3v) is 1.84. The summed E-state index contributed by atoms with van der Waals surface area (Å²) in [4.78, 5) is 4.21. The Morgan fingerprint density at radius 2 is 1.43 bits per heavy atom. The molecule has 1 nitrogen and oxygen atoms in total. The highest BCUT2D eigenvalue weighted by atomic mass is 14.7. The van der Waals surface area contributed by atoms with E-state index in [2.05, 4.69) is 4.99 Å². The summed E-state index contributed by atoms with van der Waals surface area (Å²) in [5.41, 5.74) is 1.65. The number of para-hydroxylation sites is 1. The third kappa shape index (κ3) is 2.30. The molecule has 0 aliphatic rings. The molecule has 0 amide bonds. The smallest absolute Gasteiger partial charge is 0.0847 e. The van der Waals surface area contributed by atoms with E-state index in [1.54, 1.807) is 0 Å². The summed E-state index contributed by atoms with van der Waals surface area (Å²) in [6, 6.07) is 19.0. The van der Waals surface area contributed by atoms with E-state index in [-0.39, 0.29) is 0 Å². The number of rotatable bonds is 2. The molecule has 0 radical (unpaired) electrons. The van der Waals surface area contributed by atoms with Crippen molar-refractivity contribution in [2.75, 3.05) is 0 Å². The number of hydrogen-bond donors (Lipinski definition) is 0. The van der Waals surface area contributed by atoms with Crippen LogP contribution in [0, 0.1) is 0 Å². The summed E-state index contributed by atoms with van der Waals surface area (Å²) in [7, 11) is 0. The topological polar surface area (TPSA) is 12.4 Å². The van der Waals surface area contributed by atoms with Crippen LogP contribution in [0.1, 0.15) is 6.93 Å². The maximum absolute atomic E-state index is 7.80. The first-order valence-corrected chi connectivity index (χ1v) is 4.52. The van der Waals surface area contributed by atoms with Gasteiger partial charge in [-0.1, -0.05) is 48.5 Å². The molecule has 68 valence electrons. The van der Waals surface area contributed by atoms with Gasteiger partial charge in [0.25, 0.3) is 0 Å². The molecule has 1 heteroatoms. The molecule has 0 saturated carbocycles. The first kappa shape index (κ1) is 7.51. The zero-order valence-corrected chi connectivity index (χ0v) is 7.72. The monoisotopic (exact) mass is 183 g/mol. The van der Waals surface area contributed by atoms with E-state index in [9.17, 15) is 0 Å². The Morgan fingerprint density at radius 3 is 2.07 bits per heavy atom. The van der Waals surface area contributed by atoms with Crippen molar-refractivity contribution in [2.45, 2.75) is 0 Å². The van der Waals surface area contributed by atoms with Gasteiger partial charge >= 0.3 is 0 Å². The molecular weight excluding hydrogens is 170 g/mol. The van der Waals surface area contributed by atoms with Crippen molar-refractivity contribution in [3.63, 3.8) is 0 Å². The van der Waals surface area contributed by atoms with Crippen LogP contribution in [0.2, 0.25) is 0 Å². The van der Waals surface area contributed by atoms with E-state index >= 15 is 0 Å². The van der Waals surface area contributed by atoms with Crippen LogP contribution in [0.3, 0.4) is 0 Å². The maximum Gasteiger partial charge on any atom is 0.0847 e. The Morgan fingerprint density at radius 1 is 0.857 bits per heavy atom. The van der Waals surface area contributed by atoms with Gasteiger partial charge in [0, 0.05) is 6.19 Å². The molecule has 0 aliphatic heterocycles. The van der Waals surface area contributed by atoms with Crippen LogP contribution in [0.25, 0.3) is 0 Å². The third-order valence-electron chi connectivity index (χ3n) is 1.84. The number of nitrogens with zero attached hydrogens (tertiary/aromatic N) is 1. The molecule has 0 heterocycles. The predicted octanol–water partition coefficient (Wildman–Crippen LogP) is 3.44. The average molecular weight is 183 g/mol. The van der Waals surface area contributed by atoms with Crippen molar-refractivity contribution in [1.29, 1.82) is 0 Å². The van der Waals surface area contributed by atoms with Crippen LogP contribution in [0.15, 0.2) is 65.7 Å². The summed E-state index contributed by atoms with van der Waals surface area (Å²) < 4.78 is 7.80. The van der Waals surface area contributed by atoms with Crippen molar-refractivity contribution in [3.05, 3.63) is 66.2 Å². The normalized spacial score (nSPS) is 12.3. The molecule has 2 aromatic rings. The highest BCUT2D eigenvalue weighted by molar-refractivity contribution is 5.81. The fourth-order valence-electron chi connectivity index (χ4n) is 1.14. The summed E-state index contributed by atoms with van der Waals surface area (Å²) in [6.07, 6.45) is 0.293. The molecule has 0 spiro atoms. The minimum Gasteiger partial charge on any atom is -0.256 e. The first-order valence-electron chi connectivity index (χ1n) is 5.02. The van der Waals surface area contributed by atoms with Crippen LogP contribution in [-0.2, 0) is 0 Å². The van der Waals surface area contributed by atoms with Crippen LogP contribution < -0.4 is 0 Å². The van der Waals surface area contributed by atoms with Gasteiger partial charge in [-0.25, -0.2) is 0 Å². The van der Waals surface area contributed by atoms with Gasteiger partial charge in [-0.05, 0) is 17.7 Å². The largest absolute Gasteiger partial charge is 0.256 e. The van der Waals surface area contributed by atoms with Gasteiger partial charge in [0.1, 0.15) is 0 Å². The minimum absolute atomic E-state index is 0.293. The Bertz CT molecular complexity index is 448. The molecule has 0 aromatic heterocycles. The Hall–Kier alpha value is -1.89. The van der Waals surface area contributed by atoms with Crippen molar-refractivity contribution in [1.82, 2.24) is 0 Å².